The molecule has 0 amide bonds. The fourth-order valence-electron chi connectivity index (χ4n) is 2.84. The second-order valence-corrected chi connectivity index (χ2v) is 8.70. The largest absolute Gasteiger partial charge is 0.319 e. The lowest BCUT2D eigenvalue weighted by Gasteiger charge is -2.30. The molecule has 0 atom stereocenters. The number of fused-ring (bicyclic) bond motifs is 1. The number of rotatable bonds is 4. The number of thioether (sulfide) groups is 1. The molecule has 4 nitrogen and oxygen atoms in total. The lowest BCUT2D eigenvalue weighted by Crippen LogP contribution is -2.34. The highest BCUT2D eigenvalue weighted by atomic mass is 32.2. The van der Waals surface area contributed by atoms with E-state index < -0.39 is 10.0 Å². The van der Waals surface area contributed by atoms with Crippen LogP contribution in [-0.4, -0.2) is 20.1 Å². The molecule has 0 spiro atoms. The predicted molar refractivity (Wildman–Crippen MR) is 106 cm³/mol. The number of aryl methyl sites for hydroxylation is 2. The van der Waals surface area contributed by atoms with Gasteiger partial charge in [0.2, 0.25) is 0 Å². The van der Waals surface area contributed by atoms with E-state index >= 15 is 0 Å². The topological polar surface area (TPSA) is 49.7 Å². The number of para-hydroxylation sites is 1. The first-order valence-corrected chi connectivity index (χ1v) is 10.8. The second-order valence-electron chi connectivity index (χ2n) is 6.19. The zero-order valence-electron chi connectivity index (χ0n) is 14.7. The number of nitrogens with zero attached hydrogens (tertiary/aromatic N) is 2. The van der Waals surface area contributed by atoms with E-state index in [4.69, 9.17) is 0 Å². The van der Waals surface area contributed by atoms with Crippen LogP contribution in [0.3, 0.4) is 0 Å². The molecule has 0 saturated carbocycles. The van der Waals surface area contributed by atoms with Gasteiger partial charge in [-0.15, -0.1) is 4.40 Å². The molecule has 0 fully saturated rings. The second kappa shape index (κ2) is 7.22. The van der Waals surface area contributed by atoms with E-state index in [0.29, 0.717) is 15.8 Å². The molecule has 25 heavy (non-hydrogen) atoms. The SMILES string of the molecule is CCCN1C(SCc2cc(C)ccc2C)=NS(=O)(=O)c2ccccc21. The van der Waals surface area contributed by atoms with E-state index in [1.807, 2.05) is 17.0 Å². The average Bonchev–Trinajstić information content (AvgIpc) is 2.58. The van der Waals surface area contributed by atoms with Gasteiger partial charge in [-0.1, -0.05) is 54.6 Å². The van der Waals surface area contributed by atoms with Gasteiger partial charge in [-0.2, -0.15) is 8.42 Å². The maximum Gasteiger partial charge on any atom is 0.286 e. The molecule has 0 aliphatic carbocycles. The minimum Gasteiger partial charge on any atom is -0.319 e. The lowest BCUT2D eigenvalue weighted by molar-refractivity contribution is 0.597. The Morgan fingerprint density at radius 3 is 2.64 bits per heavy atom. The Morgan fingerprint density at radius 2 is 1.88 bits per heavy atom. The van der Waals surface area contributed by atoms with Crippen LogP contribution in [-0.2, 0) is 15.8 Å². The van der Waals surface area contributed by atoms with Gasteiger partial charge in [0.25, 0.3) is 10.0 Å². The third-order valence-electron chi connectivity index (χ3n) is 4.17. The number of sulfonamides is 1. The number of benzene rings is 2. The number of anilines is 1. The lowest BCUT2D eigenvalue weighted by atomic mass is 10.1. The van der Waals surface area contributed by atoms with Gasteiger partial charge in [0, 0.05) is 12.3 Å². The molecule has 3 rings (SSSR count). The van der Waals surface area contributed by atoms with Crippen molar-refractivity contribution in [1.82, 2.24) is 0 Å². The van der Waals surface area contributed by atoms with E-state index in [2.05, 4.69) is 43.4 Å². The summed E-state index contributed by atoms with van der Waals surface area (Å²) >= 11 is 1.48. The molecular formula is C19H22N2O2S2. The van der Waals surface area contributed by atoms with E-state index in [9.17, 15) is 8.42 Å². The first-order valence-electron chi connectivity index (χ1n) is 8.33. The first kappa shape index (κ1) is 18.0. The van der Waals surface area contributed by atoms with Gasteiger partial charge in [-0.05, 0) is 43.5 Å². The van der Waals surface area contributed by atoms with Crippen LogP contribution < -0.4 is 4.90 Å². The molecule has 0 radical (unpaired) electrons. The Balaban J connectivity index is 1.94. The van der Waals surface area contributed by atoms with Crippen molar-refractivity contribution in [3.8, 4) is 0 Å². The standard InChI is InChI=1S/C19H22N2O2S2/c1-4-11-21-17-7-5-6-8-18(17)25(22,23)20-19(21)24-13-16-12-14(2)9-10-15(16)3/h5-10,12H,4,11,13H2,1-3H3. The molecule has 0 aromatic heterocycles. The van der Waals surface area contributed by atoms with Crippen LogP contribution in [0.25, 0.3) is 0 Å². The molecule has 0 N–H and O–H groups in total. The molecule has 0 bridgehead atoms. The van der Waals surface area contributed by atoms with E-state index in [-0.39, 0.29) is 0 Å². The van der Waals surface area contributed by atoms with Crippen LogP contribution >= 0.6 is 11.8 Å². The summed E-state index contributed by atoms with van der Waals surface area (Å²) in [5.74, 6) is 0.699. The van der Waals surface area contributed by atoms with Crippen molar-refractivity contribution in [3.05, 3.63) is 59.2 Å². The Labute approximate surface area is 154 Å². The number of amidine groups is 1. The molecule has 1 aliphatic heterocycles. The van der Waals surface area contributed by atoms with Crippen molar-refractivity contribution in [2.75, 3.05) is 11.4 Å². The molecule has 0 unspecified atom stereocenters. The van der Waals surface area contributed by atoms with Gasteiger partial charge < -0.3 is 4.90 Å². The Kier molecular flexibility index (Phi) is 5.20. The fraction of sp³-hybridized carbons (Fsp3) is 0.316. The summed E-state index contributed by atoms with van der Waals surface area (Å²) in [6.07, 6.45) is 0.914. The van der Waals surface area contributed by atoms with Crippen LogP contribution in [0.15, 0.2) is 51.8 Å². The van der Waals surface area contributed by atoms with Crippen molar-refractivity contribution in [1.29, 1.82) is 0 Å². The third kappa shape index (κ3) is 3.75. The summed E-state index contributed by atoms with van der Waals surface area (Å²) < 4.78 is 29.2. The smallest absolute Gasteiger partial charge is 0.286 e. The minimum absolute atomic E-state index is 0.291. The zero-order chi connectivity index (χ0) is 18.0. The highest BCUT2D eigenvalue weighted by molar-refractivity contribution is 8.14. The molecule has 132 valence electrons. The van der Waals surface area contributed by atoms with E-state index in [0.717, 1.165) is 18.7 Å². The monoisotopic (exact) mass is 374 g/mol. The molecule has 0 saturated heterocycles. The Hall–Kier alpha value is -1.79. The Morgan fingerprint density at radius 1 is 1.12 bits per heavy atom. The van der Waals surface area contributed by atoms with Crippen molar-refractivity contribution >= 4 is 32.6 Å². The van der Waals surface area contributed by atoms with Gasteiger partial charge in [0.05, 0.1) is 5.69 Å². The van der Waals surface area contributed by atoms with Crippen LogP contribution in [0.2, 0.25) is 0 Å². The first-order chi connectivity index (χ1) is 11.9. The summed E-state index contributed by atoms with van der Waals surface area (Å²) in [5.41, 5.74) is 4.35. The Bertz CT molecular complexity index is 921. The molecule has 2 aromatic carbocycles. The predicted octanol–water partition coefficient (Wildman–Crippen LogP) is 4.51. The van der Waals surface area contributed by atoms with Crippen molar-refractivity contribution in [2.24, 2.45) is 4.40 Å². The quantitative estimate of drug-likeness (QED) is 0.790. The maximum absolute atomic E-state index is 12.5. The molecule has 2 aromatic rings. The van der Waals surface area contributed by atoms with E-state index in [1.54, 1.807) is 12.1 Å². The molecule has 1 heterocycles. The van der Waals surface area contributed by atoms with Crippen LogP contribution in [0.4, 0.5) is 5.69 Å². The van der Waals surface area contributed by atoms with Gasteiger partial charge in [0.1, 0.15) is 4.90 Å². The van der Waals surface area contributed by atoms with Crippen molar-refractivity contribution in [2.45, 2.75) is 37.8 Å². The maximum atomic E-state index is 12.5. The summed E-state index contributed by atoms with van der Waals surface area (Å²) in [6, 6.07) is 13.4. The van der Waals surface area contributed by atoms with Crippen LogP contribution in [0, 0.1) is 13.8 Å². The van der Waals surface area contributed by atoms with Gasteiger partial charge in [-0.3, -0.25) is 0 Å². The minimum atomic E-state index is -3.64. The van der Waals surface area contributed by atoms with Crippen LogP contribution in [0.1, 0.15) is 30.0 Å². The number of hydrogen-bond donors (Lipinski definition) is 0. The van der Waals surface area contributed by atoms with Crippen molar-refractivity contribution in [3.63, 3.8) is 0 Å². The number of hydrogen-bond acceptors (Lipinski definition) is 4. The molecule has 6 heteroatoms. The summed E-state index contributed by atoms with van der Waals surface area (Å²) in [5, 5.41) is 0.557. The molecular weight excluding hydrogens is 352 g/mol. The van der Waals surface area contributed by atoms with Crippen molar-refractivity contribution < 1.29 is 8.42 Å². The highest BCUT2D eigenvalue weighted by Crippen LogP contribution is 2.35. The van der Waals surface area contributed by atoms with Gasteiger partial charge in [-0.25, -0.2) is 0 Å². The van der Waals surface area contributed by atoms with Gasteiger partial charge in [0.15, 0.2) is 5.17 Å². The van der Waals surface area contributed by atoms with E-state index in [1.165, 1.54) is 28.5 Å². The molecule has 1 aliphatic rings. The van der Waals surface area contributed by atoms with Crippen LogP contribution in [0.5, 0.6) is 0 Å². The zero-order valence-corrected chi connectivity index (χ0v) is 16.3. The normalized spacial score (nSPS) is 15.6. The van der Waals surface area contributed by atoms with Gasteiger partial charge >= 0.3 is 0 Å². The summed E-state index contributed by atoms with van der Waals surface area (Å²) in [6.45, 7) is 6.97. The summed E-state index contributed by atoms with van der Waals surface area (Å²) in [4.78, 5) is 2.31. The third-order valence-corrected chi connectivity index (χ3v) is 6.63. The highest BCUT2D eigenvalue weighted by Gasteiger charge is 2.30. The average molecular weight is 375 g/mol. The summed E-state index contributed by atoms with van der Waals surface area (Å²) in [7, 11) is -3.64. The fourth-order valence-corrected chi connectivity index (χ4v) is 5.39.